The van der Waals surface area contributed by atoms with Crippen LogP contribution in [0.2, 0.25) is 0 Å². The molecule has 0 radical (unpaired) electrons. The first-order valence-electron chi connectivity index (χ1n) is 10.2. The molecule has 168 valence electrons. The highest BCUT2D eigenvalue weighted by Gasteiger charge is 2.30. The smallest absolute Gasteiger partial charge is 0.321 e. The third-order valence-electron chi connectivity index (χ3n) is 5.33. The summed E-state index contributed by atoms with van der Waals surface area (Å²) in [7, 11) is 3.07. The summed E-state index contributed by atoms with van der Waals surface area (Å²) in [5.74, 6) is -0.388. The second-order valence-electron chi connectivity index (χ2n) is 7.57. The fourth-order valence-electron chi connectivity index (χ4n) is 3.45. The van der Waals surface area contributed by atoms with Crippen LogP contribution in [0.15, 0.2) is 66.4 Å². The summed E-state index contributed by atoms with van der Waals surface area (Å²) in [4.78, 5) is 26.8. The van der Waals surface area contributed by atoms with Gasteiger partial charge in [0.2, 0.25) is 5.88 Å². The van der Waals surface area contributed by atoms with E-state index in [1.165, 1.54) is 30.3 Å². The molecule has 2 heterocycles. The van der Waals surface area contributed by atoms with E-state index in [4.69, 9.17) is 4.74 Å². The molecular weight excluding hydrogens is 425 g/mol. The molecule has 0 unspecified atom stereocenters. The maximum atomic E-state index is 13.4. The van der Waals surface area contributed by atoms with E-state index in [-0.39, 0.29) is 6.03 Å². The highest BCUT2D eigenvalue weighted by molar-refractivity contribution is 6.06. The summed E-state index contributed by atoms with van der Waals surface area (Å²) in [6.45, 7) is 1.87. The van der Waals surface area contributed by atoms with E-state index in [1.807, 2.05) is 25.1 Å². The van der Waals surface area contributed by atoms with Crippen molar-refractivity contribution < 1.29 is 18.7 Å². The van der Waals surface area contributed by atoms with E-state index in [9.17, 15) is 14.0 Å². The Kier molecular flexibility index (Phi) is 6.03. The lowest BCUT2D eigenvalue weighted by Crippen LogP contribution is -2.44. The standard InChI is InChI=1S/C24H22FN5O3/c1-14-4-5-16(19-10-11-21(33-3)29-28-19)12-20(14)26-23(31)18-13-30(2)24(32)27-22(18)15-6-8-17(25)9-7-15/h4-13,22H,1-3H3,(H,26,31)(H,27,32)/t22-/m0/s1. The Morgan fingerprint density at radius 3 is 2.55 bits per heavy atom. The number of carbonyl (C=O) groups excluding carboxylic acids is 2. The van der Waals surface area contributed by atoms with Crippen LogP contribution in [0.1, 0.15) is 17.2 Å². The van der Waals surface area contributed by atoms with Gasteiger partial charge in [0.15, 0.2) is 0 Å². The molecule has 33 heavy (non-hydrogen) atoms. The highest BCUT2D eigenvalue weighted by Crippen LogP contribution is 2.29. The number of aromatic nitrogens is 2. The number of amides is 3. The van der Waals surface area contributed by atoms with E-state index in [0.717, 1.165) is 11.1 Å². The number of anilines is 1. The number of ether oxygens (including phenoxy) is 1. The molecule has 1 aliphatic rings. The van der Waals surface area contributed by atoms with Gasteiger partial charge in [0.05, 0.1) is 24.4 Å². The van der Waals surface area contributed by atoms with Crippen LogP contribution < -0.4 is 15.4 Å². The molecule has 0 saturated carbocycles. The van der Waals surface area contributed by atoms with Crippen LogP contribution >= 0.6 is 0 Å². The van der Waals surface area contributed by atoms with Crippen molar-refractivity contribution in [3.05, 3.63) is 83.3 Å². The number of nitrogens with one attached hydrogen (secondary N) is 2. The molecule has 1 aliphatic heterocycles. The number of hydrogen-bond donors (Lipinski definition) is 2. The van der Waals surface area contributed by atoms with Crippen LogP contribution in [-0.2, 0) is 4.79 Å². The number of carbonyl (C=O) groups is 2. The summed E-state index contributed by atoms with van der Waals surface area (Å²) in [6, 6.07) is 13.6. The van der Waals surface area contributed by atoms with Crippen molar-refractivity contribution in [3.8, 4) is 17.1 Å². The number of aryl methyl sites for hydroxylation is 1. The average Bonchev–Trinajstić information content (AvgIpc) is 2.82. The predicted molar refractivity (Wildman–Crippen MR) is 121 cm³/mol. The molecule has 0 bridgehead atoms. The minimum Gasteiger partial charge on any atom is -0.480 e. The van der Waals surface area contributed by atoms with Gasteiger partial charge in [-0.3, -0.25) is 4.79 Å². The van der Waals surface area contributed by atoms with Crippen molar-refractivity contribution in [2.24, 2.45) is 0 Å². The number of halogens is 1. The highest BCUT2D eigenvalue weighted by atomic mass is 19.1. The summed E-state index contributed by atoms with van der Waals surface area (Å²) in [5, 5.41) is 13.9. The zero-order valence-corrected chi connectivity index (χ0v) is 18.3. The van der Waals surface area contributed by atoms with Crippen molar-refractivity contribution in [2.75, 3.05) is 19.5 Å². The van der Waals surface area contributed by atoms with E-state index < -0.39 is 17.8 Å². The number of nitrogens with zero attached hydrogens (tertiary/aromatic N) is 3. The average molecular weight is 447 g/mol. The predicted octanol–water partition coefficient (Wildman–Crippen LogP) is 3.82. The molecular formula is C24H22FN5O3. The molecule has 2 aromatic carbocycles. The van der Waals surface area contributed by atoms with E-state index in [1.54, 1.807) is 31.3 Å². The summed E-state index contributed by atoms with van der Waals surface area (Å²) in [5.41, 5.74) is 3.74. The van der Waals surface area contributed by atoms with Gasteiger partial charge in [0.25, 0.3) is 5.91 Å². The number of hydrogen-bond acceptors (Lipinski definition) is 5. The van der Waals surface area contributed by atoms with Crippen LogP contribution in [0.5, 0.6) is 5.88 Å². The molecule has 3 amide bonds. The first-order chi connectivity index (χ1) is 15.9. The van der Waals surface area contributed by atoms with Gasteiger partial charge >= 0.3 is 6.03 Å². The third-order valence-corrected chi connectivity index (χ3v) is 5.33. The quantitative estimate of drug-likeness (QED) is 0.620. The second-order valence-corrected chi connectivity index (χ2v) is 7.57. The third kappa shape index (κ3) is 4.67. The molecule has 8 nitrogen and oxygen atoms in total. The lowest BCUT2D eigenvalue weighted by Gasteiger charge is -2.30. The molecule has 3 aromatic rings. The topological polar surface area (TPSA) is 96.5 Å². The van der Waals surface area contributed by atoms with Gasteiger partial charge in [-0.15, -0.1) is 10.2 Å². The Labute approximate surface area is 190 Å². The van der Waals surface area contributed by atoms with Crippen molar-refractivity contribution in [3.63, 3.8) is 0 Å². The Balaban J connectivity index is 1.63. The number of benzene rings is 2. The van der Waals surface area contributed by atoms with Crippen LogP contribution in [-0.4, -0.2) is 41.2 Å². The first kappa shape index (κ1) is 21.9. The summed E-state index contributed by atoms with van der Waals surface area (Å²) >= 11 is 0. The Morgan fingerprint density at radius 1 is 1.12 bits per heavy atom. The van der Waals surface area contributed by atoms with E-state index in [0.29, 0.717) is 28.4 Å². The summed E-state index contributed by atoms with van der Waals surface area (Å²) < 4.78 is 18.4. The maximum Gasteiger partial charge on any atom is 0.321 e. The van der Waals surface area contributed by atoms with Crippen LogP contribution in [0.4, 0.5) is 14.9 Å². The Hall–Kier alpha value is -4.27. The molecule has 4 rings (SSSR count). The van der Waals surface area contributed by atoms with Gasteiger partial charge < -0.3 is 20.3 Å². The zero-order valence-electron chi connectivity index (χ0n) is 18.3. The van der Waals surface area contributed by atoms with Crippen LogP contribution in [0.25, 0.3) is 11.3 Å². The minimum absolute atomic E-state index is 0.317. The lowest BCUT2D eigenvalue weighted by molar-refractivity contribution is -0.113. The molecule has 1 atom stereocenters. The SMILES string of the molecule is COc1ccc(-c2ccc(C)c(NC(=O)C3=CN(C)C(=O)N[C@H]3c3ccc(F)cc3)c2)nn1. The second kappa shape index (κ2) is 9.07. The van der Waals surface area contributed by atoms with Crippen molar-refractivity contribution >= 4 is 17.6 Å². The minimum atomic E-state index is -0.717. The molecule has 0 saturated heterocycles. The number of urea groups is 1. The van der Waals surface area contributed by atoms with Crippen LogP contribution in [0, 0.1) is 12.7 Å². The van der Waals surface area contributed by atoms with Crippen molar-refractivity contribution in [2.45, 2.75) is 13.0 Å². The lowest BCUT2D eigenvalue weighted by atomic mass is 9.97. The fourth-order valence-corrected chi connectivity index (χ4v) is 3.45. The van der Waals surface area contributed by atoms with E-state index >= 15 is 0 Å². The first-order valence-corrected chi connectivity index (χ1v) is 10.2. The largest absolute Gasteiger partial charge is 0.480 e. The van der Waals surface area contributed by atoms with Gasteiger partial charge in [-0.05, 0) is 42.3 Å². The molecule has 1 aromatic heterocycles. The van der Waals surface area contributed by atoms with Gasteiger partial charge in [0, 0.05) is 30.6 Å². The Bertz CT molecular complexity index is 1230. The molecule has 0 fully saturated rings. The molecule has 0 spiro atoms. The van der Waals surface area contributed by atoms with Crippen molar-refractivity contribution in [1.29, 1.82) is 0 Å². The normalized spacial score (nSPS) is 15.5. The van der Waals surface area contributed by atoms with Gasteiger partial charge in [-0.25, -0.2) is 9.18 Å². The van der Waals surface area contributed by atoms with Crippen LogP contribution in [0.3, 0.4) is 0 Å². The molecule has 9 heteroatoms. The van der Waals surface area contributed by atoms with Gasteiger partial charge in [-0.2, -0.15) is 0 Å². The number of methoxy groups -OCH3 is 1. The summed E-state index contributed by atoms with van der Waals surface area (Å²) in [6.07, 6.45) is 1.48. The zero-order chi connectivity index (χ0) is 23.5. The molecule has 2 N–H and O–H groups in total. The number of rotatable bonds is 5. The maximum absolute atomic E-state index is 13.4. The fraction of sp³-hybridized carbons (Fsp3) is 0.167. The Morgan fingerprint density at radius 2 is 1.88 bits per heavy atom. The monoisotopic (exact) mass is 447 g/mol. The van der Waals surface area contributed by atoms with Crippen molar-refractivity contribution in [1.82, 2.24) is 20.4 Å². The van der Waals surface area contributed by atoms with Gasteiger partial charge in [0.1, 0.15) is 5.82 Å². The van der Waals surface area contributed by atoms with E-state index in [2.05, 4.69) is 20.8 Å². The van der Waals surface area contributed by atoms with Gasteiger partial charge in [-0.1, -0.05) is 24.3 Å². The molecule has 0 aliphatic carbocycles.